The number of hydrogen-bond donors (Lipinski definition) is 1. The number of halogens is 3. The van der Waals surface area contributed by atoms with E-state index in [0.717, 1.165) is 0 Å². The SMILES string of the molecule is C[C](C)(CC(N)=O)[Ge]([Cl])([Cl])[Cl]. The third-order valence-electron chi connectivity index (χ3n) is 1.38. The Labute approximate surface area is 81.3 Å². The van der Waals surface area contributed by atoms with E-state index < -0.39 is 20.6 Å². The van der Waals surface area contributed by atoms with Gasteiger partial charge in [0.05, 0.1) is 0 Å². The fourth-order valence-electron chi connectivity index (χ4n) is 0.536. The number of nitrogens with two attached hydrogens (primary N) is 1. The molecule has 2 nitrogen and oxygen atoms in total. The van der Waals surface area contributed by atoms with Crippen molar-refractivity contribution in [2.24, 2.45) is 5.73 Å². The average molecular weight is 279 g/mol. The van der Waals surface area contributed by atoms with Gasteiger partial charge < -0.3 is 0 Å². The Kier molecular flexibility index (Phi) is 4.03. The monoisotopic (exact) mass is 279 g/mol. The van der Waals surface area contributed by atoms with Gasteiger partial charge >= 0.3 is 81.5 Å². The number of amides is 1. The Morgan fingerprint density at radius 3 is 1.91 bits per heavy atom. The summed E-state index contributed by atoms with van der Waals surface area (Å²) in [6, 6.07) is 0. The van der Waals surface area contributed by atoms with Gasteiger partial charge in [-0.25, -0.2) is 0 Å². The Morgan fingerprint density at radius 1 is 1.45 bits per heavy atom. The van der Waals surface area contributed by atoms with Gasteiger partial charge in [0.25, 0.3) is 0 Å². The molecule has 0 aromatic rings. The molecular weight excluding hydrogens is 269 g/mol. The van der Waals surface area contributed by atoms with Gasteiger partial charge in [-0.1, -0.05) is 0 Å². The molecule has 6 heteroatoms. The first kappa shape index (κ1) is 11.9. The Balaban J connectivity index is 4.34. The van der Waals surface area contributed by atoms with Crippen LogP contribution in [-0.4, -0.2) is 16.4 Å². The summed E-state index contributed by atoms with van der Waals surface area (Å²) >= 11 is 0. The second-order valence-electron chi connectivity index (χ2n) is 3.02. The van der Waals surface area contributed by atoms with E-state index in [9.17, 15) is 4.79 Å². The zero-order valence-electron chi connectivity index (χ0n) is 6.33. The van der Waals surface area contributed by atoms with Gasteiger partial charge in [0.15, 0.2) is 0 Å². The summed E-state index contributed by atoms with van der Waals surface area (Å²) in [5.74, 6) is -0.424. The maximum absolute atomic E-state index is 10.5. The number of carbonyl (C=O) groups is 1. The van der Waals surface area contributed by atoms with E-state index in [4.69, 9.17) is 35.8 Å². The molecule has 0 spiro atoms. The van der Waals surface area contributed by atoms with Gasteiger partial charge in [0, 0.05) is 0 Å². The Bertz CT molecular complexity index is 166. The van der Waals surface area contributed by atoms with Crippen molar-refractivity contribution in [2.75, 3.05) is 0 Å². The summed E-state index contributed by atoms with van der Waals surface area (Å²) in [6.07, 6.45) is 0.142. The number of carbonyl (C=O) groups excluding carboxylic acids is 1. The van der Waals surface area contributed by atoms with Gasteiger partial charge in [-0.2, -0.15) is 0 Å². The maximum atomic E-state index is 10.5. The van der Waals surface area contributed by atoms with Gasteiger partial charge in [0.2, 0.25) is 0 Å². The molecule has 0 fully saturated rings. The molecule has 0 aromatic carbocycles. The second kappa shape index (κ2) is 3.73. The summed E-state index contributed by atoms with van der Waals surface area (Å²) < 4.78 is -0.531. The van der Waals surface area contributed by atoms with Crippen LogP contribution in [-0.2, 0) is 4.79 Å². The summed E-state index contributed by atoms with van der Waals surface area (Å²) in [5, 5.41) is 0. The molecule has 0 rings (SSSR count). The van der Waals surface area contributed by atoms with Crippen molar-refractivity contribution >= 4 is 46.4 Å². The minimum atomic E-state index is -3.31. The normalized spacial score (nSPS) is 13.2. The molecule has 0 aliphatic rings. The molecule has 0 unspecified atom stereocenters. The van der Waals surface area contributed by atoms with Crippen LogP contribution in [0.1, 0.15) is 20.3 Å². The molecule has 0 saturated heterocycles. The molecule has 0 bridgehead atoms. The first-order chi connectivity index (χ1) is 4.67. The van der Waals surface area contributed by atoms with Crippen LogP contribution in [0.4, 0.5) is 0 Å². The number of primary amides is 1. The Hall–Kier alpha value is 0.883. The van der Waals surface area contributed by atoms with Gasteiger partial charge in [-0.3, -0.25) is 0 Å². The van der Waals surface area contributed by atoms with E-state index in [1.165, 1.54) is 0 Å². The quantitative estimate of drug-likeness (QED) is 0.791. The van der Waals surface area contributed by atoms with Crippen molar-refractivity contribution < 1.29 is 4.79 Å². The van der Waals surface area contributed by atoms with Crippen LogP contribution in [0.3, 0.4) is 0 Å². The van der Waals surface area contributed by atoms with E-state index in [0.29, 0.717) is 0 Å². The van der Waals surface area contributed by atoms with Crippen molar-refractivity contribution in [1.82, 2.24) is 0 Å². The van der Waals surface area contributed by atoms with E-state index in [-0.39, 0.29) is 6.42 Å². The first-order valence-electron chi connectivity index (χ1n) is 3.02. The van der Waals surface area contributed by atoms with Gasteiger partial charge in [-0.15, -0.1) is 0 Å². The van der Waals surface area contributed by atoms with E-state index >= 15 is 0 Å². The van der Waals surface area contributed by atoms with E-state index in [1.807, 2.05) is 0 Å². The molecule has 0 atom stereocenters. The molecule has 1 amide bonds. The molecular formula is C5H10Cl3GeNO. The third-order valence-corrected chi connectivity index (χ3v) is 12.9. The van der Waals surface area contributed by atoms with Crippen molar-refractivity contribution in [3.05, 3.63) is 0 Å². The van der Waals surface area contributed by atoms with Crippen LogP contribution in [0.15, 0.2) is 0 Å². The molecule has 2 N–H and O–H groups in total. The van der Waals surface area contributed by atoms with Crippen molar-refractivity contribution in [1.29, 1.82) is 0 Å². The van der Waals surface area contributed by atoms with Crippen LogP contribution in [0.2, 0.25) is 4.25 Å². The molecule has 0 heterocycles. The molecule has 0 saturated carbocycles. The average Bonchev–Trinajstić information content (AvgIpc) is 1.56. The van der Waals surface area contributed by atoms with Crippen LogP contribution in [0, 0.1) is 0 Å². The molecule has 0 radical (unpaired) electrons. The number of rotatable bonds is 3. The summed E-state index contributed by atoms with van der Waals surface area (Å²) in [4.78, 5) is 10.5. The first-order valence-corrected chi connectivity index (χ1v) is 12.3. The molecule has 66 valence electrons. The number of hydrogen-bond acceptors (Lipinski definition) is 1. The minimum absolute atomic E-state index is 0.142. The Morgan fingerprint density at radius 2 is 1.82 bits per heavy atom. The standard InChI is InChI=1S/C5H10Cl3GeNO/c1-5(2,3-4(10)11)9(6,7)8/h3H2,1-2H3,(H2,10,11). The van der Waals surface area contributed by atoms with Gasteiger partial charge in [0.1, 0.15) is 0 Å². The third kappa shape index (κ3) is 3.88. The predicted octanol–water partition coefficient (Wildman–Crippen LogP) is 2.30. The van der Waals surface area contributed by atoms with E-state index in [1.54, 1.807) is 13.8 Å². The van der Waals surface area contributed by atoms with Crippen LogP contribution in [0.25, 0.3) is 0 Å². The van der Waals surface area contributed by atoms with Crippen molar-refractivity contribution in [3.8, 4) is 0 Å². The van der Waals surface area contributed by atoms with E-state index in [2.05, 4.69) is 0 Å². The molecule has 0 aliphatic heterocycles. The van der Waals surface area contributed by atoms with Crippen LogP contribution in [0.5, 0.6) is 0 Å². The van der Waals surface area contributed by atoms with Crippen molar-refractivity contribution in [3.63, 3.8) is 0 Å². The zero-order chi connectivity index (χ0) is 9.28. The second-order valence-corrected chi connectivity index (χ2v) is 19.8. The topological polar surface area (TPSA) is 43.1 Å². The fourth-order valence-corrected chi connectivity index (χ4v) is 2.36. The zero-order valence-corrected chi connectivity index (χ0v) is 10.7. The summed E-state index contributed by atoms with van der Waals surface area (Å²) in [6.45, 7) is 3.51. The molecule has 0 aromatic heterocycles. The predicted molar refractivity (Wildman–Crippen MR) is 51.2 cm³/mol. The van der Waals surface area contributed by atoms with Crippen LogP contribution >= 0.6 is 30.0 Å². The summed E-state index contributed by atoms with van der Waals surface area (Å²) in [7, 11) is 14.0. The van der Waals surface area contributed by atoms with Crippen LogP contribution < -0.4 is 5.73 Å². The fraction of sp³-hybridized carbons (Fsp3) is 0.800. The summed E-state index contributed by atoms with van der Waals surface area (Å²) in [5.41, 5.74) is 4.99. The van der Waals surface area contributed by atoms with Crippen molar-refractivity contribution in [2.45, 2.75) is 24.5 Å². The van der Waals surface area contributed by atoms with Gasteiger partial charge in [-0.05, 0) is 0 Å². The molecule has 0 aliphatic carbocycles. The molecule has 11 heavy (non-hydrogen) atoms.